The number of amides is 3. The maximum atomic E-state index is 12.9. The van der Waals surface area contributed by atoms with Gasteiger partial charge in [-0.05, 0) is 69.0 Å². The van der Waals surface area contributed by atoms with E-state index in [9.17, 15) is 9.59 Å². The third-order valence-corrected chi connectivity index (χ3v) is 6.24. The summed E-state index contributed by atoms with van der Waals surface area (Å²) in [6, 6.07) is 16.3. The molecule has 0 spiro atoms. The highest BCUT2D eigenvalue weighted by molar-refractivity contribution is 5.99. The quantitative estimate of drug-likeness (QED) is 0.722. The van der Waals surface area contributed by atoms with Gasteiger partial charge < -0.3 is 15.5 Å². The zero-order valence-corrected chi connectivity index (χ0v) is 18.3. The lowest BCUT2D eigenvalue weighted by atomic mass is 10.0. The Hall–Kier alpha value is -2.86. The standard InChI is InChI=1S/C25H32N4O2/c1-19-11-12-21(17-23(19)29-16-13-26-25(29)31)24(30)27-22-10-6-15-28(18-22)14-5-9-20-7-3-2-4-8-20/h2-4,7-8,11-12,17,22H,5-6,9-10,13-16,18H2,1H3,(H,26,31)(H,27,30)/t22-/m0/s1. The van der Waals surface area contributed by atoms with Gasteiger partial charge in [-0.25, -0.2) is 4.79 Å². The van der Waals surface area contributed by atoms with E-state index in [2.05, 4.69) is 45.9 Å². The second-order valence-corrected chi connectivity index (χ2v) is 8.59. The molecule has 0 saturated carbocycles. The number of anilines is 1. The van der Waals surface area contributed by atoms with Crippen LogP contribution >= 0.6 is 0 Å². The topological polar surface area (TPSA) is 64.7 Å². The van der Waals surface area contributed by atoms with Gasteiger partial charge in [0, 0.05) is 36.9 Å². The second-order valence-electron chi connectivity index (χ2n) is 8.59. The molecular weight excluding hydrogens is 388 g/mol. The fourth-order valence-electron chi connectivity index (χ4n) is 4.54. The van der Waals surface area contributed by atoms with Gasteiger partial charge in [0.1, 0.15) is 0 Å². The molecule has 0 bridgehead atoms. The molecule has 0 radical (unpaired) electrons. The molecule has 0 aliphatic carbocycles. The van der Waals surface area contributed by atoms with Crippen LogP contribution in [0.4, 0.5) is 10.5 Å². The number of urea groups is 1. The van der Waals surface area contributed by atoms with Gasteiger partial charge in [-0.2, -0.15) is 0 Å². The molecule has 6 nitrogen and oxygen atoms in total. The van der Waals surface area contributed by atoms with Gasteiger partial charge >= 0.3 is 6.03 Å². The minimum absolute atomic E-state index is 0.0583. The van der Waals surface area contributed by atoms with Gasteiger partial charge in [-0.3, -0.25) is 9.69 Å². The normalized spacial score (nSPS) is 19.3. The highest BCUT2D eigenvalue weighted by Gasteiger charge is 2.25. The van der Waals surface area contributed by atoms with Crippen LogP contribution in [0.5, 0.6) is 0 Å². The first-order chi connectivity index (χ1) is 15.1. The minimum atomic E-state index is -0.0981. The van der Waals surface area contributed by atoms with E-state index in [0.717, 1.165) is 56.6 Å². The van der Waals surface area contributed by atoms with Crippen LogP contribution in [0.2, 0.25) is 0 Å². The SMILES string of the molecule is Cc1ccc(C(=O)N[C@H]2CCCN(CCCc3ccccc3)C2)cc1N1CCNC1=O. The van der Waals surface area contributed by atoms with Gasteiger partial charge in [0.15, 0.2) is 0 Å². The summed E-state index contributed by atoms with van der Waals surface area (Å²) in [5, 5.41) is 6.04. The first-order valence-corrected chi connectivity index (χ1v) is 11.3. The van der Waals surface area contributed by atoms with Crippen LogP contribution < -0.4 is 15.5 Å². The summed E-state index contributed by atoms with van der Waals surface area (Å²) in [7, 11) is 0. The van der Waals surface area contributed by atoms with Crippen LogP contribution in [0.15, 0.2) is 48.5 Å². The molecule has 2 saturated heterocycles. The molecule has 0 unspecified atom stereocenters. The first kappa shape index (κ1) is 21.4. The van der Waals surface area contributed by atoms with Gasteiger partial charge in [0.25, 0.3) is 5.91 Å². The van der Waals surface area contributed by atoms with Crippen LogP contribution in [0, 0.1) is 6.92 Å². The third-order valence-electron chi connectivity index (χ3n) is 6.24. The van der Waals surface area contributed by atoms with E-state index in [0.29, 0.717) is 18.7 Å². The van der Waals surface area contributed by atoms with Crippen LogP contribution in [0.1, 0.15) is 40.7 Å². The van der Waals surface area contributed by atoms with E-state index in [-0.39, 0.29) is 18.0 Å². The number of nitrogens with one attached hydrogen (secondary N) is 2. The Morgan fingerprint density at radius 1 is 1.16 bits per heavy atom. The molecular formula is C25H32N4O2. The number of nitrogens with zero attached hydrogens (tertiary/aromatic N) is 2. The highest BCUT2D eigenvalue weighted by atomic mass is 16.2. The molecule has 2 aliphatic heterocycles. The summed E-state index contributed by atoms with van der Waals surface area (Å²) in [4.78, 5) is 29.2. The zero-order chi connectivity index (χ0) is 21.6. The third kappa shape index (κ3) is 5.44. The molecule has 31 heavy (non-hydrogen) atoms. The summed E-state index contributed by atoms with van der Waals surface area (Å²) < 4.78 is 0. The molecule has 2 aromatic rings. The van der Waals surface area contributed by atoms with E-state index in [1.807, 2.05) is 25.1 Å². The van der Waals surface area contributed by atoms with E-state index >= 15 is 0 Å². The van der Waals surface area contributed by atoms with Crippen molar-refractivity contribution in [2.45, 2.75) is 38.6 Å². The number of hydrogen-bond acceptors (Lipinski definition) is 3. The fraction of sp³-hybridized carbons (Fsp3) is 0.440. The molecule has 2 aromatic carbocycles. The smallest absolute Gasteiger partial charge is 0.322 e. The summed E-state index contributed by atoms with van der Waals surface area (Å²) in [5.74, 6) is -0.0583. The van der Waals surface area contributed by atoms with E-state index < -0.39 is 0 Å². The number of hydrogen-bond donors (Lipinski definition) is 2. The molecule has 2 heterocycles. The molecule has 2 fully saturated rings. The summed E-state index contributed by atoms with van der Waals surface area (Å²) in [6.07, 6.45) is 4.33. The first-order valence-electron chi connectivity index (χ1n) is 11.3. The van der Waals surface area contributed by atoms with Gasteiger partial charge in [-0.1, -0.05) is 36.4 Å². The Balaban J connectivity index is 1.31. The van der Waals surface area contributed by atoms with Gasteiger partial charge in [0.05, 0.1) is 0 Å². The van der Waals surface area contributed by atoms with Crippen molar-refractivity contribution in [2.75, 3.05) is 37.6 Å². The number of carbonyl (C=O) groups is 2. The van der Waals surface area contributed by atoms with Crippen LogP contribution in [0.3, 0.4) is 0 Å². The zero-order valence-electron chi connectivity index (χ0n) is 18.3. The van der Waals surface area contributed by atoms with Crippen molar-refractivity contribution in [3.63, 3.8) is 0 Å². The average Bonchev–Trinajstić information content (AvgIpc) is 3.21. The average molecular weight is 421 g/mol. The van der Waals surface area contributed by atoms with E-state index in [4.69, 9.17) is 0 Å². The van der Waals surface area contributed by atoms with Crippen LogP contribution in [-0.2, 0) is 6.42 Å². The van der Waals surface area contributed by atoms with Gasteiger partial charge in [-0.15, -0.1) is 0 Å². The number of aryl methyl sites for hydroxylation is 2. The molecule has 2 aliphatic rings. The van der Waals surface area contributed by atoms with Crippen molar-refractivity contribution < 1.29 is 9.59 Å². The van der Waals surface area contributed by atoms with E-state index in [1.165, 1.54) is 5.56 Å². The summed E-state index contributed by atoms with van der Waals surface area (Å²) >= 11 is 0. The highest BCUT2D eigenvalue weighted by Crippen LogP contribution is 2.23. The lowest BCUT2D eigenvalue weighted by Gasteiger charge is -2.33. The maximum absolute atomic E-state index is 12.9. The Morgan fingerprint density at radius 2 is 2.00 bits per heavy atom. The molecule has 3 amide bonds. The lowest BCUT2D eigenvalue weighted by molar-refractivity contribution is 0.0903. The van der Waals surface area contributed by atoms with Crippen molar-refractivity contribution in [3.05, 3.63) is 65.2 Å². The van der Waals surface area contributed by atoms with Crippen molar-refractivity contribution >= 4 is 17.6 Å². The second kappa shape index (κ2) is 9.96. The number of benzene rings is 2. The Labute approximate surface area is 184 Å². The van der Waals surface area contributed by atoms with Crippen LogP contribution in [0.25, 0.3) is 0 Å². The number of carbonyl (C=O) groups excluding carboxylic acids is 2. The van der Waals surface area contributed by atoms with Gasteiger partial charge in [0.2, 0.25) is 0 Å². The van der Waals surface area contributed by atoms with Crippen molar-refractivity contribution in [3.8, 4) is 0 Å². The fourth-order valence-corrected chi connectivity index (χ4v) is 4.54. The van der Waals surface area contributed by atoms with Crippen molar-refractivity contribution in [1.29, 1.82) is 0 Å². The number of piperidine rings is 1. The number of rotatable bonds is 7. The predicted octanol–water partition coefficient (Wildman–Crippen LogP) is 3.35. The summed E-state index contributed by atoms with van der Waals surface area (Å²) in [6.45, 7) is 6.28. The Bertz CT molecular complexity index is 915. The Kier molecular flexibility index (Phi) is 6.87. The van der Waals surface area contributed by atoms with Crippen molar-refractivity contribution in [2.24, 2.45) is 0 Å². The minimum Gasteiger partial charge on any atom is -0.348 e. The number of likely N-dealkylation sites (tertiary alicyclic amines) is 1. The maximum Gasteiger partial charge on any atom is 0.322 e. The summed E-state index contributed by atoms with van der Waals surface area (Å²) in [5.41, 5.74) is 3.80. The predicted molar refractivity (Wildman–Crippen MR) is 124 cm³/mol. The molecule has 0 aromatic heterocycles. The lowest BCUT2D eigenvalue weighted by Crippen LogP contribution is -2.48. The molecule has 2 N–H and O–H groups in total. The molecule has 4 rings (SSSR count). The Morgan fingerprint density at radius 3 is 2.77 bits per heavy atom. The molecule has 164 valence electrons. The molecule has 6 heteroatoms. The monoisotopic (exact) mass is 420 g/mol. The van der Waals surface area contributed by atoms with E-state index in [1.54, 1.807) is 4.90 Å². The largest absolute Gasteiger partial charge is 0.348 e. The van der Waals surface area contributed by atoms with Crippen LogP contribution in [-0.4, -0.2) is 55.6 Å². The van der Waals surface area contributed by atoms with Crippen molar-refractivity contribution in [1.82, 2.24) is 15.5 Å². The molecule has 1 atom stereocenters.